The highest BCUT2D eigenvalue weighted by atomic mass is 16.3. The lowest BCUT2D eigenvalue weighted by molar-refractivity contribution is -0.00512. The van der Waals surface area contributed by atoms with Gasteiger partial charge in [-0.25, -0.2) is 0 Å². The van der Waals surface area contributed by atoms with Crippen molar-refractivity contribution in [1.29, 1.82) is 0 Å². The van der Waals surface area contributed by atoms with Crippen LogP contribution in [-0.2, 0) is 5.41 Å². The molecule has 0 heterocycles. The summed E-state index contributed by atoms with van der Waals surface area (Å²) in [5, 5.41) is 12.1. The lowest BCUT2D eigenvalue weighted by Crippen LogP contribution is -2.48. The first-order chi connectivity index (χ1) is 10.2. The molecule has 1 heteroatoms. The van der Waals surface area contributed by atoms with Crippen LogP contribution >= 0.6 is 0 Å². The van der Waals surface area contributed by atoms with Crippen molar-refractivity contribution < 1.29 is 5.11 Å². The van der Waals surface area contributed by atoms with Gasteiger partial charge in [-0.15, -0.1) is 0 Å². The molecule has 1 N–H and O–H groups in total. The zero-order valence-electron chi connectivity index (χ0n) is 12.4. The summed E-state index contributed by atoms with van der Waals surface area (Å²) in [6.07, 6.45) is 8.76. The van der Waals surface area contributed by atoms with Crippen LogP contribution in [0.5, 0.6) is 5.75 Å². The predicted octanol–water partition coefficient (Wildman–Crippen LogP) is 5.01. The van der Waals surface area contributed by atoms with Crippen LogP contribution in [0.25, 0.3) is 10.8 Å². The van der Waals surface area contributed by atoms with Gasteiger partial charge < -0.3 is 5.11 Å². The fraction of sp³-hybridized carbons (Fsp3) is 0.500. The second-order valence-electron chi connectivity index (χ2n) is 7.94. The normalized spacial score (nSPS) is 37.2. The van der Waals surface area contributed by atoms with Gasteiger partial charge in [0.15, 0.2) is 0 Å². The maximum atomic E-state index is 9.63. The lowest BCUT2D eigenvalue weighted by atomic mass is 9.48. The van der Waals surface area contributed by atoms with E-state index in [0.29, 0.717) is 11.2 Å². The SMILES string of the molecule is Oc1ccc2cc(C34CC5CC(CC(C5)C3)C4)ccc2c1. The Morgan fingerprint density at radius 2 is 1.33 bits per heavy atom. The average Bonchev–Trinajstić information content (AvgIpc) is 2.45. The Bertz CT molecular complexity index is 680. The predicted molar refractivity (Wildman–Crippen MR) is 85.5 cm³/mol. The van der Waals surface area contributed by atoms with Crippen LogP contribution in [0.2, 0.25) is 0 Å². The van der Waals surface area contributed by atoms with E-state index in [1.165, 1.54) is 43.9 Å². The standard InChI is InChI=1S/C20H22O/c21-19-4-2-16-8-18(3-1-17(16)9-19)20-10-13-5-14(11-20)7-15(6-13)12-20/h1-4,8-9,13-15,21H,5-7,10-12H2. The monoisotopic (exact) mass is 278 g/mol. The molecule has 0 unspecified atom stereocenters. The third kappa shape index (κ3) is 1.76. The molecule has 0 aliphatic heterocycles. The summed E-state index contributed by atoms with van der Waals surface area (Å²) in [6.45, 7) is 0. The number of fused-ring (bicyclic) bond motifs is 1. The van der Waals surface area contributed by atoms with E-state index in [4.69, 9.17) is 0 Å². The molecule has 1 nitrogen and oxygen atoms in total. The van der Waals surface area contributed by atoms with E-state index >= 15 is 0 Å². The van der Waals surface area contributed by atoms with Crippen molar-refractivity contribution in [3.63, 3.8) is 0 Å². The first kappa shape index (κ1) is 12.1. The third-order valence-corrected chi connectivity index (χ3v) is 6.47. The number of rotatable bonds is 1. The van der Waals surface area contributed by atoms with Gasteiger partial charge in [0, 0.05) is 0 Å². The summed E-state index contributed by atoms with van der Waals surface area (Å²) >= 11 is 0. The van der Waals surface area contributed by atoms with E-state index in [1.807, 2.05) is 12.1 Å². The van der Waals surface area contributed by atoms with Gasteiger partial charge in [0.05, 0.1) is 0 Å². The number of hydrogen-bond acceptors (Lipinski definition) is 1. The number of benzene rings is 2. The van der Waals surface area contributed by atoms with Crippen molar-refractivity contribution >= 4 is 10.8 Å². The topological polar surface area (TPSA) is 20.2 Å². The quantitative estimate of drug-likeness (QED) is 0.777. The van der Waals surface area contributed by atoms with Crippen molar-refractivity contribution in [3.05, 3.63) is 42.0 Å². The maximum absolute atomic E-state index is 9.63. The van der Waals surface area contributed by atoms with Crippen LogP contribution in [0, 0.1) is 17.8 Å². The molecule has 0 spiro atoms. The lowest BCUT2D eigenvalue weighted by Gasteiger charge is -2.57. The van der Waals surface area contributed by atoms with Crippen LogP contribution in [0.4, 0.5) is 0 Å². The van der Waals surface area contributed by atoms with Gasteiger partial charge in [0.25, 0.3) is 0 Å². The van der Waals surface area contributed by atoms with Gasteiger partial charge in [0.2, 0.25) is 0 Å². The largest absolute Gasteiger partial charge is 0.508 e. The highest BCUT2D eigenvalue weighted by Crippen LogP contribution is 2.60. The fourth-order valence-electron chi connectivity index (χ4n) is 6.03. The zero-order valence-corrected chi connectivity index (χ0v) is 12.4. The molecule has 4 fully saturated rings. The Morgan fingerprint density at radius 3 is 2.00 bits per heavy atom. The first-order valence-corrected chi connectivity index (χ1v) is 8.43. The van der Waals surface area contributed by atoms with E-state index in [9.17, 15) is 5.11 Å². The number of phenols is 1. The molecule has 108 valence electrons. The third-order valence-electron chi connectivity index (χ3n) is 6.47. The van der Waals surface area contributed by atoms with E-state index in [1.54, 1.807) is 5.56 Å². The molecule has 21 heavy (non-hydrogen) atoms. The molecule has 2 aromatic carbocycles. The Kier molecular flexibility index (Phi) is 2.32. The van der Waals surface area contributed by atoms with Crippen molar-refractivity contribution in [3.8, 4) is 5.75 Å². The fourth-order valence-corrected chi connectivity index (χ4v) is 6.03. The molecule has 4 bridgehead atoms. The second-order valence-corrected chi connectivity index (χ2v) is 7.94. The van der Waals surface area contributed by atoms with Crippen LogP contribution < -0.4 is 0 Å². The van der Waals surface area contributed by atoms with Crippen LogP contribution in [0.3, 0.4) is 0 Å². The molecule has 0 aromatic heterocycles. The summed E-state index contributed by atoms with van der Waals surface area (Å²) in [5.74, 6) is 3.34. The minimum absolute atomic E-state index is 0.366. The summed E-state index contributed by atoms with van der Waals surface area (Å²) in [7, 11) is 0. The molecular weight excluding hydrogens is 256 g/mol. The molecule has 4 aliphatic rings. The molecule has 0 amide bonds. The van der Waals surface area contributed by atoms with E-state index < -0.39 is 0 Å². The summed E-state index contributed by atoms with van der Waals surface area (Å²) in [5.41, 5.74) is 2.04. The van der Waals surface area contributed by atoms with Crippen molar-refractivity contribution in [2.45, 2.75) is 43.9 Å². The minimum Gasteiger partial charge on any atom is -0.508 e. The molecule has 0 saturated heterocycles. The van der Waals surface area contributed by atoms with Crippen molar-refractivity contribution in [2.75, 3.05) is 0 Å². The molecular formula is C20H22O. The molecule has 4 saturated carbocycles. The summed E-state index contributed by atoms with van der Waals surface area (Å²) < 4.78 is 0. The zero-order chi connectivity index (χ0) is 14.0. The van der Waals surface area contributed by atoms with Crippen molar-refractivity contribution in [1.82, 2.24) is 0 Å². The van der Waals surface area contributed by atoms with Gasteiger partial charge in [-0.2, -0.15) is 0 Å². The number of phenolic OH excluding ortho intramolecular Hbond substituents is 1. The number of aromatic hydroxyl groups is 1. The van der Waals surface area contributed by atoms with Crippen LogP contribution in [0.15, 0.2) is 36.4 Å². The van der Waals surface area contributed by atoms with Gasteiger partial charge >= 0.3 is 0 Å². The molecule has 2 aromatic rings. The molecule has 4 aliphatic carbocycles. The van der Waals surface area contributed by atoms with E-state index in [0.717, 1.165) is 23.1 Å². The van der Waals surface area contributed by atoms with Gasteiger partial charge in [0.1, 0.15) is 5.75 Å². The Balaban J connectivity index is 1.62. The van der Waals surface area contributed by atoms with Gasteiger partial charge in [-0.05, 0) is 90.2 Å². The van der Waals surface area contributed by atoms with Gasteiger partial charge in [-0.3, -0.25) is 0 Å². The van der Waals surface area contributed by atoms with E-state index in [-0.39, 0.29) is 0 Å². The highest BCUT2D eigenvalue weighted by molar-refractivity contribution is 5.84. The molecule has 0 atom stereocenters. The first-order valence-electron chi connectivity index (χ1n) is 8.43. The Morgan fingerprint density at radius 1 is 0.762 bits per heavy atom. The summed E-state index contributed by atoms with van der Waals surface area (Å²) in [4.78, 5) is 0. The number of hydrogen-bond donors (Lipinski definition) is 1. The smallest absolute Gasteiger partial charge is 0.116 e. The Hall–Kier alpha value is -1.50. The molecule has 6 rings (SSSR count). The minimum atomic E-state index is 0.366. The highest BCUT2D eigenvalue weighted by Gasteiger charge is 2.51. The maximum Gasteiger partial charge on any atom is 0.116 e. The van der Waals surface area contributed by atoms with Gasteiger partial charge in [-0.1, -0.05) is 24.3 Å². The summed E-state index contributed by atoms with van der Waals surface area (Å²) in [6, 6.07) is 12.7. The second kappa shape index (κ2) is 4.03. The Labute approximate surface area is 126 Å². The van der Waals surface area contributed by atoms with Crippen LogP contribution in [-0.4, -0.2) is 5.11 Å². The molecule has 0 radical (unpaired) electrons. The van der Waals surface area contributed by atoms with E-state index in [2.05, 4.69) is 24.3 Å². The van der Waals surface area contributed by atoms with Crippen molar-refractivity contribution in [2.24, 2.45) is 17.8 Å². The van der Waals surface area contributed by atoms with Crippen LogP contribution in [0.1, 0.15) is 44.1 Å². The average molecular weight is 278 g/mol.